The summed E-state index contributed by atoms with van der Waals surface area (Å²) in [5, 5.41) is 16.3. The van der Waals surface area contributed by atoms with Crippen LogP contribution >= 0.6 is 0 Å². The lowest BCUT2D eigenvalue weighted by Crippen LogP contribution is -2.26. The molecule has 2 aromatic heterocycles. The number of methoxy groups -OCH3 is 1. The molecule has 0 aliphatic carbocycles. The second-order valence-corrected chi connectivity index (χ2v) is 5.63. The van der Waals surface area contributed by atoms with E-state index in [1.807, 2.05) is 20.9 Å². The predicted octanol–water partition coefficient (Wildman–Crippen LogP) is 1.12. The molecule has 8 nitrogen and oxygen atoms in total. The van der Waals surface area contributed by atoms with Crippen molar-refractivity contribution >= 4 is 22.9 Å². The molecular weight excluding hydrogens is 312 g/mol. The van der Waals surface area contributed by atoms with Crippen LogP contribution in [0.1, 0.15) is 29.7 Å². The molecule has 2 heterocycles. The predicted molar refractivity (Wildman–Crippen MR) is 88.1 cm³/mol. The van der Waals surface area contributed by atoms with Crippen molar-refractivity contribution in [2.24, 2.45) is 7.05 Å². The van der Waals surface area contributed by atoms with Gasteiger partial charge in [0.15, 0.2) is 5.65 Å². The Morgan fingerprint density at radius 2 is 2.00 bits per heavy atom. The second kappa shape index (κ2) is 7.29. The van der Waals surface area contributed by atoms with Gasteiger partial charge in [-0.15, -0.1) is 5.10 Å². The van der Waals surface area contributed by atoms with Crippen molar-refractivity contribution in [3.8, 4) is 5.88 Å². The van der Waals surface area contributed by atoms with E-state index in [1.165, 1.54) is 0 Å². The molecule has 0 bridgehead atoms. The lowest BCUT2D eigenvalue weighted by Gasteiger charge is -2.11. The maximum atomic E-state index is 11.8. The third kappa shape index (κ3) is 3.64. The molecule has 130 valence electrons. The van der Waals surface area contributed by atoms with Gasteiger partial charge in [-0.2, -0.15) is 0 Å². The average Bonchev–Trinajstić information content (AvgIpc) is 2.83. The van der Waals surface area contributed by atoms with E-state index >= 15 is 0 Å². The number of nitrogens with one attached hydrogen (secondary N) is 1. The molecule has 2 aromatic rings. The van der Waals surface area contributed by atoms with Crippen LogP contribution in [0.4, 0.5) is 0 Å². The molecule has 0 aliphatic rings. The standard InChI is InChI=1S/C16H22N4O4/c1-9-11(5-6-12(21)17-8-7-13(22)23)10(2)18-15-14(9)16(24-4)19-20(15)3/h5-8H2,1-4H3,(H,17,21)(H,22,23). The summed E-state index contributed by atoms with van der Waals surface area (Å²) in [6, 6.07) is 0. The molecule has 24 heavy (non-hydrogen) atoms. The van der Waals surface area contributed by atoms with Crippen LogP contribution in [-0.2, 0) is 23.1 Å². The van der Waals surface area contributed by atoms with E-state index in [0.717, 1.165) is 27.9 Å². The largest absolute Gasteiger partial charge is 0.481 e. The quantitative estimate of drug-likeness (QED) is 0.786. The first-order chi connectivity index (χ1) is 11.3. The van der Waals surface area contributed by atoms with E-state index in [4.69, 9.17) is 9.84 Å². The SMILES string of the molecule is COc1nn(C)c2nc(C)c(CCC(=O)NCCC(=O)O)c(C)c12. The molecule has 8 heteroatoms. The zero-order chi connectivity index (χ0) is 17.9. The highest BCUT2D eigenvalue weighted by Crippen LogP contribution is 2.30. The molecule has 0 radical (unpaired) electrons. The van der Waals surface area contributed by atoms with Crippen molar-refractivity contribution in [1.82, 2.24) is 20.1 Å². The summed E-state index contributed by atoms with van der Waals surface area (Å²) >= 11 is 0. The average molecular weight is 334 g/mol. The normalized spacial score (nSPS) is 10.8. The van der Waals surface area contributed by atoms with Crippen molar-refractivity contribution in [3.63, 3.8) is 0 Å². The fourth-order valence-electron chi connectivity index (χ4n) is 2.74. The topological polar surface area (TPSA) is 106 Å². The first-order valence-corrected chi connectivity index (χ1v) is 7.70. The Morgan fingerprint density at radius 1 is 1.29 bits per heavy atom. The number of aromatic nitrogens is 3. The minimum Gasteiger partial charge on any atom is -0.481 e. The number of pyridine rings is 1. The van der Waals surface area contributed by atoms with Gasteiger partial charge < -0.3 is 15.2 Å². The smallest absolute Gasteiger partial charge is 0.305 e. The number of aliphatic carboxylic acids is 1. The van der Waals surface area contributed by atoms with Gasteiger partial charge in [0.1, 0.15) is 0 Å². The molecule has 1 amide bonds. The number of carbonyl (C=O) groups is 2. The van der Waals surface area contributed by atoms with Gasteiger partial charge in [0.2, 0.25) is 11.8 Å². The first-order valence-electron chi connectivity index (χ1n) is 7.70. The van der Waals surface area contributed by atoms with Crippen molar-refractivity contribution in [1.29, 1.82) is 0 Å². The molecule has 0 atom stereocenters. The molecule has 0 fully saturated rings. The van der Waals surface area contributed by atoms with Gasteiger partial charge in [-0.05, 0) is 31.4 Å². The van der Waals surface area contributed by atoms with Crippen LogP contribution in [0.3, 0.4) is 0 Å². The summed E-state index contributed by atoms with van der Waals surface area (Å²) in [6.07, 6.45) is 0.721. The molecular formula is C16H22N4O4. The van der Waals surface area contributed by atoms with Crippen LogP contribution in [-0.4, -0.2) is 45.4 Å². The van der Waals surface area contributed by atoms with Crippen LogP contribution in [0.2, 0.25) is 0 Å². The lowest BCUT2D eigenvalue weighted by molar-refractivity contribution is -0.136. The van der Waals surface area contributed by atoms with E-state index in [0.29, 0.717) is 12.3 Å². The summed E-state index contributed by atoms with van der Waals surface area (Å²) < 4.78 is 7.00. The molecule has 0 aromatic carbocycles. The van der Waals surface area contributed by atoms with Crippen molar-refractivity contribution < 1.29 is 19.4 Å². The van der Waals surface area contributed by atoms with E-state index < -0.39 is 5.97 Å². The fraction of sp³-hybridized carbons (Fsp3) is 0.500. The van der Waals surface area contributed by atoms with Gasteiger partial charge in [0.25, 0.3) is 0 Å². The van der Waals surface area contributed by atoms with Gasteiger partial charge in [0.05, 0.1) is 18.9 Å². The summed E-state index contributed by atoms with van der Waals surface area (Å²) in [6.45, 7) is 4.02. The highest BCUT2D eigenvalue weighted by molar-refractivity contribution is 5.86. The van der Waals surface area contributed by atoms with Gasteiger partial charge in [-0.3, -0.25) is 9.59 Å². The van der Waals surface area contributed by atoms with Crippen LogP contribution in [0.15, 0.2) is 0 Å². The zero-order valence-corrected chi connectivity index (χ0v) is 14.3. The Hall–Kier alpha value is -2.64. The molecule has 0 spiro atoms. The summed E-state index contributed by atoms with van der Waals surface area (Å²) in [4.78, 5) is 26.9. The number of hydrogen-bond acceptors (Lipinski definition) is 5. The third-order valence-corrected chi connectivity index (χ3v) is 3.98. The van der Waals surface area contributed by atoms with Crippen LogP contribution in [0.25, 0.3) is 11.0 Å². The molecule has 0 saturated carbocycles. The molecule has 0 unspecified atom stereocenters. The molecule has 2 N–H and O–H groups in total. The van der Waals surface area contributed by atoms with Crippen LogP contribution in [0, 0.1) is 13.8 Å². The number of carboxylic acid groups (broad SMARTS) is 1. The number of fused-ring (bicyclic) bond motifs is 1. The minimum atomic E-state index is -0.930. The number of aryl methyl sites for hydroxylation is 3. The Bertz CT molecular complexity index is 782. The summed E-state index contributed by atoms with van der Waals surface area (Å²) in [5.41, 5.74) is 3.59. The first kappa shape index (κ1) is 17.7. The van der Waals surface area contributed by atoms with Crippen molar-refractivity contribution in [2.75, 3.05) is 13.7 Å². The molecule has 0 aliphatic heterocycles. The fourth-order valence-corrected chi connectivity index (χ4v) is 2.74. The monoisotopic (exact) mass is 334 g/mol. The van der Waals surface area contributed by atoms with Gasteiger partial charge >= 0.3 is 5.97 Å². The van der Waals surface area contributed by atoms with Crippen molar-refractivity contribution in [2.45, 2.75) is 33.1 Å². The Morgan fingerprint density at radius 3 is 2.62 bits per heavy atom. The van der Waals surface area contributed by atoms with E-state index in [1.54, 1.807) is 11.8 Å². The highest BCUT2D eigenvalue weighted by Gasteiger charge is 2.18. The van der Waals surface area contributed by atoms with Gasteiger partial charge in [-0.1, -0.05) is 0 Å². The number of carboxylic acids is 1. The minimum absolute atomic E-state index is 0.0792. The lowest BCUT2D eigenvalue weighted by atomic mass is 10.00. The number of ether oxygens (including phenoxy) is 1. The highest BCUT2D eigenvalue weighted by atomic mass is 16.5. The Labute approximate surface area is 139 Å². The Kier molecular flexibility index (Phi) is 5.38. The number of hydrogen-bond donors (Lipinski definition) is 2. The summed E-state index contributed by atoms with van der Waals surface area (Å²) in [5.74, 6) is -0.585. The molecule has 2 rings (SSSR count). The summed E-state index contributed by atoms with van der Waals surface area (Å²) in [7, 11) is 3.38. The van der Waals surface area contributed by atoms with Crippen LogP contribution < -0.4 is 10.1 Å². The van der Waals surface area contributed by atoms with E-state index in [9.17, 15) is 9.59 Å². The number of rotatable bonds is 7. The maximum Gasteiger partial charge on any atom is 0.305 e. The number of amides is 1. The molecule has 0 saturated heterocycles. The second-order valence-electron chi connectivity index (χ2n) is 5.63. The Balaban J connectivity index is 2.17. The zero-order valence-electron chi connectivity index (χ0n) is 14.3. The maximum absolute atomic E-state index is 11.8. The van der Waals surface area contributed by atoms with Gasteiger partial charge in [0, 0.05) is 25.7 Å². The van der Waals surface area contributed by atoms with Crippen LogP contribution in [0.5, 0.6) is 5.88 Å². The van der Waals surface area contributed by atoms with E-state index in [-0.39, 0.29) is 25.3 Å². The van der Waals surface area contributed by atoms with E-state index in [2.05, 4.69) is 15.4 Å². The number of nitrogens with zero attached hydrogens (tertiary/aromatic N) is 3. The van der Waals surface area contributed by atoms with Crippen molar-refractivity contribution in [3.05, 3.63) is 16.8 Å². The number of carbonyl (C=O) groups excluding carboxylic acids is 1. The third-order valence-electron chi connectivity index (χ3n) is 3.98. The van der Waals surface area contributed by atoms with Gasteiger partial charge in [-0.25, -0.2) is 9.67 Å².